The molecule has 4 N–H and O–H groups in total. The quantitative estimate of drug-likeness (QED) is 0.583. The molecule has 0 fully saturated rings. The number of nitrogen functional groups attached to an aromatic ring is 1. The number of nitrogens with zero attached hydrogens (tertiary/aromatic N) is 2. The molecule has 0 atom stereocenters. The molecule has 20 heavy (non-hydrogen) atoms. The van der Waals surface area contributed by atoms with Crippen molar-refractivity contribution in [2.45, 2.75) is 26.3 Å². The molecule has 0 aliphatic rings. The third kappa shape index (κ3) is 3.37. The Morgan fingerprint density at radius 3 is 2.65 bits per heavy atom. The lowest BCUT2D eigenvalue weighted by Crippen LogP contribution is -2.15. The van der Waals surface area contributed by atoms with Gasteiger partial charge in [-0.05, 0) is 23.6 Å². The number of nitrogens with one attached hydrogen (secondary N) is 2. The van der Waals surface area contributed by atoms with Gasteiger partial charge in [0.05, 0.1) is 0 Å². The standard InChI is InChI=1S/C14H18ClN5/c1-9(2)12-13(18-8-19-14(12)20-16)17-7-10-4-3-5-11(15)6-10/h3-6,8-9H,7,16H2,1-2H3,(H2,17,18,19,20). The van der Waals surface area contributed by atoms with Crippen molar-refractivity contribution in [1.29, 1.82) is 0 Å². The molecule has 0 spiro atoms. The molecule has 5 nitrogen and oxygen atoms in total. The van der Waals surface area contributed by atoms with Crippen LogP contribution in [-0.4, -0.2) is 9.97 Å². The Balaban J connectivity index is 2.21. The summed E-state index contributed by atoms with van der Waals surface area (Å²) in [5.74, 6) is 7.18. The van der Waals surface area contributed by atoms with Crippen LogP contribution in [0.3, 0.4) is 0 Å². The highest BCUT2D eigenvalue weighted by Gasteiger charge is 2.14. The third-order valence-electron chi connectivity index (χ3n) is 2.95. The molecule has 2 aromatic rings. The van der Waals surface area contributed by atoms with Crippen molar-refractivity contribution in [3.63, 3.8) is 0 Å². The van der Waals surface area contributed by atoms with Crippen molar-refractivity contribution < 1.29 is 0 Å². The first-order valence-corrected chi connectivity index (χ1v) is 6.79. The molecule has 106 valence electrons. The Hall–Kier alpha value is -1.85. The fourth-order valence-electron chi connectivity index (χ4n) is 2.03. The molecule has 0 saturated heterocycles. The van der Waals surface area contributed by atoms with Crippen molar-refractivity contribution in [3.05, 3.63) is 46.7 Å². The number of hydrazine groups is 1. The molecule has 0 radical (unpaired) electrons. The van der Waals surface area contributed by atoms with Crippen molar-refractivity contribution in [2.75, 3.05) is 10.7 Å². The summed E-state index contributed by atoms with van der Waals surface area (Å²) in [5.41, 5.74) is 4.67. The smallest absolute Gasteiger partial charge is 0.148 e. The van der Waals surface area contributed by atoms with E-state index in [1.165, 1.54) is 6.33 Å². The molecule has 2 rings (SSSR count). The number of hydrogen-bond donors (Lipinski definition) is 3. The van der Waals surface area contributed by atoms with Gasteiger partial charge in [0, 0.05) is 17.1 Å². The zero-order valence-electron chi connectivity index (χ0n) is 11.5. The molecule has 0 unspecified atom stereocenters. The molecule has 1 heterocycles. The summed E-state index contributed by atoms with van der Waals surface area (Å²) in [4.78, 5) is 8.44. The summed E-state index contributed by atoms with van der Waals surface area (Å²) in [5, 5.41) is 4.03. The van der Waals surface area contributed by atoms with E-state index >= 15 is 0 Å². The monoisotopic (exact) mass is 291 g/mol. The Labute approximate surface area is 123 Å². The lowest BCUT2D eigenvalue weighted by Gasteiger charge is -2.16. The van der Waals surface area contributed by atoms with Crippen molar-refractivity contribution >= 4 is 23.2 Å². The average Bonchev–Trinajstić information content (AvgIpc) is 2.44. The molecular weight excluding hydrogens is 274 g/mol. The largest absolute Gasteiger partial charge is 0.366 e. The number of halogens is 1. The second-order valence-corrected chi connectivity index (χ2v) is 5.20. The van der Waals surface area contributed by atoms with Gasteiger partial charge in [0.1, 0.15) is 18.0 Å². The number of aromatic nitrogens is 2. The Morgan fingerprint density at radius 2 is 2.00 bits per heavy atom. The maximum absolute atomic E-state index is 5.98. The highest BCUT2D eigenvalue weighted by Crippen LogP contribution is 2.28. The number of nitrogens with two attached hydrogens (primary N) is 1. The van der Waals surface area contributed by atoms with Crippen LogP contribution >= 0.6 is 11.6 Å². The van der Waals surface area contributed by atoms with Gasteiger partial charge in [-0.2, -0.15) is 0 Å². The highest BCUT2D eigenvalue weighted by atomic mass is 35.5. The predicted molar refractivity (Wildman–Crippen MR) is 82.7 cm³/mol. The van der Waals surface area contributed by atoms with Crippen LogP contribution in [0, 0.1) is 0 Å². The Morgan fingerprint density at radius 1 is 1.25 bits per heavy atom. The van der Waals surface area contributed by atoms with Crippen LogP contribution in [-0.2, 0) is 6.54 Å². The second-order valence-electron chi connectivity index (χ2n) is 4.77. The fourth-order valence-corrected chi connectivity index (χ4v) is 2.24. The molecular formula is C14H18ClN5. The summed E-state index contributed by atoms with van der Waals surface area (Å²) in [6.45, 7) is 4.79. The van der Waals surface area contributed by atoms with Gasteiger partial charge < -0.3 is 10.7 Å². The average molecular weight is 292 g/mol. The first kappa shape index (κ1) is 14.6. The van der Waals surface area contributed by atoms with Gasteiger partial charge in [-0.15, -0.1) is 0 Å². The summed E-state index contributed by atoms with van der Waals surface area (Å²) < 4.78 is 0. The number of rotatable bonds is 5. The summed E-state index contributed by atoms with van der Waals surface area (Å²) in [6.07, 6.45) is 1.49. The Bertz CT molecular complexity index is 586. The zero-order valence-corrected chi connectivity index (χ0v) is 12.3. The van der Waals surface area contributed by atoms with E-state index in [4.69, 9.17) is 17.4 Å². The van der Waals surface area contributed by atoms with E-state index in [-0.39, 0.29) is 5.92 Å². The van der Waals surface area contributed by atoms with Gasteiger partial charge in [0.2, 0.25) is 0 Å². The van der Waals surface area contributed by atoms with Gasteiger partial charge in [-0.3, -0.25) is 0 Å². The summed E-state index contributed by atoms with van der Waals surface area (Å²) in [7, 11) is 0. The maximum Gasteiger partial charge on any atom is 0.148 e. The summed E-state index contributed by atoms with van der Waals surface area (Å²) >= 11 is 5.98. The molecule has 6 heteroatoms. The second kappa shape index (κ2) is 6.54. The minimum absolute atomic E-state index is 0.254. The molecule has 0 saturated carbocycles. The normalized spacial score (nSPS) is 10.7. The molecule has 0 bridgehead atoms. The first-order valence-electron chi connectivity index (χ1n) is 6.41. The highest BCUT2D eigenvalue weighted by molar-refractivity contribution is 6.30. The van der Waals surface area contributed by atoms with Crippen molar-refractivity contribution in [1.82, 2.24) is 9.97 Å². The first-order chi connectivity index (χ1) is 9.61. The zero-order chi connectivity index (χ0) is 14.5. The van der Waals surface area contributed by atoms with Crippen LogP contribution in [0.1, 0.15) is 30.9 Å². The fraction of sp³-hybridized carbons (Fsp3) is 0.286. The van der Waals surface area contributed by atoms with Gasteiger partial charge in [-0.1, -0.05) is 37.6 Å². The van der Waals surface area contributed by atoms with E-state index in [9.17, 15) is 0 Å². The van der Waals surface area contributed by atoms with Crippen LogP contribution in [0.15, 0.2) is 30.6 Å². The molecule has 1 aromatic heterocycles. The maximum atomic E-state index is 5.98. The topological polar surface area (TPSA) is 75.9 Å². The van der Waals surface area contributed by atoms with Crippen molar-refractivity contribution in [2.24, 2.45) is 5.84 Å². The SMILES string of the molecule is CC(C)c1c(NN)ncnc1NCc1cccc(Cl)c1. The van der Waals surface area contributed by atoms with E-state index in [1.54, 1.807) is 0 Å². The van der Waals surface area contributed by atoms with E-state index in [1.807, 2.05) is 24.3 Å². The minimum Gasteiger partial charge on any atom is -0.366 e. The van der Waals surface area contributed by atoms with Gasteiger partial charge in [-0.25, -0.2) is 15.8 Å². The third-order valence-corrected chi connectivity index (χ3v) is 3.18. The predicted octanol–water partition coefficient (Wildman–Crippen LogP) is 3.15. The van der Waals surface area contributed by atoms with Gasteiger partial charge >= 0.3 is 0 Å². The van der Waals surface area contributed by atoms with Crippen molar-refractivity contribution in [3.8, 4) is 0 Å². The van der Waals surface area contributed by atoms with Crippen LogP contribution in [0.2, 0.25) is 5.02 Å². The minimum atomic E-state index is 0.254. The molecule has 1 aromatic carbocycles. The molecule has 0 amide bonds. The van der Waals surface area contributed by atoms with Gasteiger partial charge in [0.25, 0.3) is 0 Å². The lowest BCUT2D eigenvalue weighted by atomic mass is 10.0. The Kier molecular flexibility index (Phi) is 4.76. The van der Waals surface area contributed by atoms with Gasteiger partial charge in [0.15, 0.2) is 0 Å². The van der Waals surface area contributed by atoms with E-state index in [0.717, 1.165) is 22.0 Å². The van der Waals surface area contributed by atoms with Crippen LogP contribution < -0.4 is 16.6 Å². The number of benzene rings is 1. The van der Waals surface area contributed by atoms with Crippen LogP contribution in [0.5, 0.6) is 0 Å². The number of hydrogen-bond acceptors (Lipinski definition) is 5. The molecule has 0 aliphatic heterocycles. The lowest BCUT2D eigenvalue weighted by molar-refractivity contribution is 0.845. The molecule has 0 aliphatic carbocycles. The summed E-state index contributed by atoms with van der Waals surface area (Å²) in [6, 6.07) is 7.71. The van der Waals surface area contributed by atoms with Crippen LogP contribution in [0.25, 0.3) is 0 Å². The number of anilines is 2. The van der Waals surface area contributed by atoms with E-state index < -0.39 is 0 Å². The van der Waals surface area contributed by atoms with E-state index in [0.29, 0.717) is 12.4 Å². The van der Waals surface area contributed by atoms with Crippen LogP contribution in [0.4, 0.5) is 11.6 Å². The van der Waals surface area contributed by atoms with E-state index in [2.05, 4.69) is 34.6 Å².